The average Bonchev–Trinajstić information content (AvgIpc) is 2.37. The molecule has 0 amide bonds. The molecule has 0 bridgehead atoms. The normalized spacial score (nSPS) is 11.7. The number of aryl methyl sites for hydroxylation is 1. The quantitative estimate of drug-likeness (QED) is 0.424. The maximum atomic E-state index is 9.19. The molecule has 102 valence electrons. The van der Waals surface area contributed by atoms with Crippen LogP contribution in [0.4, 0.5) is 0 Å². The molecule has 0 aliphatic rings. The van der Waals surface area contributed by atoms with Crippen LogP contribution in [-0.4, -0.2) is 34.1 Å². The van der Waals surface area contributed by atoms with E-state index in [1.165, 1.54) is 11.6 Å². The van der Waals surface area contributed by atoms with Crippen molar-refractivity contribution in [3.63, 3.8) is 0 Å². The monoisotopic (exact) mass is 268 g/mol. The van der Waals surface area contributed by atoms with Gasteiger partial charge in [-0.25, -0.2) is 0 Å². The zero-order chi connectivity index (χ0) is 13.2. The lowest BCUT2D eigenvalue weighted by Crippen LogP contribution is -2.19. The number of phenolic OH excluding ortho intramolecular Hbond substituents is 1. The van der Waals surface area contributed by atoms with Crippen molar-refractivity contribution in [2.45, 2.75) is 38.6 Å². The van der Waals surface area contributed by atoms with Crippen molar-refractivity contribution in [3.05, 3.63) is 29.8 Å². The van der Waals surface area contributed by atoms with Gasteiger partial charge in [0.25, 0.3) is 0 Å². The van der Waals surface area contributed by atoms with Crippen molar-refractivity contribution in [1.29, 1.82) is 0 Å². The molecule has 18 heavy (non-hydrogen) atoms. The zero-order valence-corrected chi connectivity index (χ0v) is 12.8. The van der Waals surface area contributed by atoms with E-state index in [-0.39, 0.29) is 15.8 Å². The summed E-state index contributed by atoms with van der Waals surface area (Å²) in [4.78, 5) is 0. The Balaban J connectivity index is 2.18. The Morgan fingerprint density at radius 3 is 2.28 bits per heavy atom. The fourth-order valence-electron chi connectivity index (χ4n) is 1.89. The van der Waals surface area contributed by atoms with E-state index in [9.17, 15) is 5.11 Å². The van der Waals surface area contributed by atoms with Crippen LogP contribution in [0.5, 0.6) is 5.75 Å². The highest BCUT2D eigenvalue weighted by atomic mass is 28.2. The molecule has 4 heteroatoms. The molecule has 0 heterocycles. The van der Waals surface area contributed by atoms with E-state index in [2.05, 4.69) is 0 Å². The Bertz CT molecular complexity index is 307. The van der Waals surface area contributed by atoms with Crippen molar-refractivity contribution >= 4 is 9.52 Å². The van der Waals surface area contributed by atoms with Crippen LogP contribution in [0.3, 0.4) is 0 Å². The predicted octanol–water partition coefficient (Wildman–Crippen LogP) is 2.34. The van der Waals surface area contributed by atoms with Crippen LogP contribution in [0.15, 0.2) is 24.3 Å². The second kappa shape index (κ2) is 9.14. The highest BCUT2D eigenvalue weighted by Crippen LogP contribution is 2.12. The zero-order valence-electron chi connectivity index (χ0n) is 11.4. The molecule has 0 saturated carbocycles. The standard InChI is InChI=1S/C14H24O3Si/c1-3-16-14(17-4-2)11-18-10-9-12-5-7-13(15)8-6-12/h5-8,14-15H,3-4,9-11,18H2,1-2H3. The summed E-state index contributed by atoms with van der Waals surface area (Å²) in [5.74, 6) is 0.337. The first-order chi connectivity index (χ1) is 8.76. The Hall–Kier alpha value is -0.843. The molecule has 1 aromatic carbocycles. The molecule has 1 N–H and O–H groups in total. The van der Waals surface area contributed by atoms with E-state index in [4.69, 9.17) is 9.47 Å². The SMILES string of the molecule is CCOC(C[SiH2]CCc1ccc(O)cc1)OCC. The van der Waals surface area contributed by atoms with Crippen molar-refractivity contribution in [2.75, 3.05) is 13.2 Å². The third kappa shape index (κ3) is 6.19. The topological polar surface area (TPSA) is 38.7 Å². The summed E-state index contributed by atoms with van der Waals surface area (Å²) >= 11 is 0. The number of hydrogen-bond acceptors (Lipinski definition) is 3. The molecule has 0 saturated heterocycles. The van der Waals surface area contributed by atoms with Crippen LogP contribution < -0.4 is 0 Å². The van der Waals surface area contributed by atoms with Crippen LogP contribution in [-0.2, 0) is 15.9 Å². The van der Waals surface area contributed by atoms with Gasteiger partial charge in [0.05, 0.1) is 0 Å². The fourth-order valence-corrected chi connectivity index (χ4v) is 3.50. The second-order valence-electron chi connectivity index (χ2n) is 4.25. The number of aromatic hydroxyl groups is 1. The number of rotatable bonds is 9. The van der Waals surface area contributed by atoms with Crippen molar-refractivity contribution in [2.24, 2.45) is 0 Å². The van der Waals surface area contributed by atoms with Crippen molar-refractivity contribution in [1.82, 2.24) is 0 Å². The minimum atomic E-state index is -0.143. The van der Waals surface area contributed by atoms with Gasteiger partial charge in [-0.05, 0) is 44.0 Å². The van der Waals surface area contributed by atoms with Gasteiger partial charge >= 0.3 is 0 Å². The molecule has 0 unspecified atom stereocenters. The van der Waals surface area contributed by atoms with Gasteiger partial charge in [0.15, 0.2) is 6.29 Å². The number of hydrogen-bond donors (Lipinski definition) is 1. The fraction of sp³-hybridized carbons (Fsp3) is 0.571. The first-order valence-electron chi connectivity index (χ1n) is 6.77. The van der Waals surface area contributed by atoms with Gasteiger partial charge in [0.2, 0.25) is 0 Å². The summed E-state index contributed by atoms with van der Waals surface area (Å²) in [6.07, 6.45) is 1.10. The van der Waals surface area contributed by atoms with Gasteiger partial charge in [-0.15, -0.1) is 0 Å². The Morgan fingerprint density at radius 2 is 1.72 bits per heavy atom. The molecular formula is C14H24O3Si. The van der Waals surface area contributed by atoms with Gasteiger partial charge in [-0.1, -0.05) is 18.2 Å². The largest absolute Gasteiger partial charge is 0.508 e. The van der Waals surface area contributed by atoms with Crippen molar-refractivity contribution < 1.29 is 14.6 Å². The summed E-state index contributed by atoms with van der Waals surface area (Å²) in [6.45, 7) is 5.45. The minimum Gasteiger partial charge on any atom is -0.508 e. The van der Waals surface area contributed by atoms with Crippen LogP contribution in [0.2, 0.25) is 12.1 Å². The smallest absolute Gasteiger partial charge is 0.154 e. The highest BCUT2D eigenvalue weighted by Gasteiger charge is 2.07. The molecule has 0 aliphatic heterocycles. The van der Waals surface area contributed by atoms with Gasteiger partial charge < -0.3 is 14.6 Å². The molecule has 0 spiro atoms. The van der Waals surface area contributed by atoms with Crippen LogP contribution in [0, 0.1) is 0 Å². The van der Waals surface area contributed by atoms with E-state index in [1.807, 2.05) is 26.0 Å². The van der Waals surface area contributed by atoms with E-state index >= 15 is 0 Å². The lowest BCUT2D eigenvalue weighted by Gasteiger charge is -2.16. The molecule has 0 radical (unpaired) electrons. The summed E-state index contributed by atoms with van der Waals surface area (Å²) in [5, 5.41) is 9.19. The number of benzene rings is 1. The minimum absolute atomic E-state index is 0.00600. The lowest BCUT2D eigenvalue weighted by atomic mass is 10.2. The maximum Gasteiger partial charge on any atom is 0.154 e. The van der Waals surface area contributed by atoms with Crippen LogP contribution in [0.25, 0.3) is 0 Å². The molecule has 0 fully saturated rings. The predicted molar refractivity (Wildman–Crippen MR) is 77.0 cm³/mol. The molecule has 0 aliphatic carbocycles. The molecule has 0 atom stereocenters. The van der Waals surface area contributed by atoms with Gasteiger partial charge in [0, 0.05) is 22.7 Å². The maximum absolute atomic E-state index is 9.19. The second-order valence-corrected chi connectivity index (χ2v) is 6.24. The number of phenols is 1. The summed E-state index contributed by atoms with van der Waals surface area (Å²) < 4.78 is 11.1. The molecule has 1 aromatic rings. The summed E-state index contributed by atoms with van der Waals surface area (Å²) in [7, 11) is -0.143. The summed E-state index contributed by atoms with van der Waals surface area (Å²) in [5.41, 5.74) is 1.30. The average molecular weight is 268 g/mol. The lowest BCUT2D eigenvalue weighted by molar-refractivity contribution is -0.123. The molecule has 0 aromatic heterocycles. The van der Waals surface area contributed by atoms with E-state index < -0.39 is 0 Å². The van der Waals surface area contributed by atoms with Gasteiger partial charge in [-0.2, -0.15) is 0 Å². The first-order valence-corrected chi connectivity index (χ1v) is 8.77. The van der Waals surface area contributed by atoms with Crippen molar-refractivity contribution in [3.8, 4) is 5.75 Å². The van der Waals surface area contributed by atoms with Gasteiger partial charge in [-0.3, -0.25) is 0 Å². The molecular weight excluding hydrogens is 244 g/mol. The third-order valence-electron chi connectivity index (χ3n) is 2.80. The molecule has 3 nitrogen and oxygen atoms in total. The Morgan fingerprint density at radius 1 is 1.11 bits per heavy atom. The van der Waals surface area contributed by atoms with E-state index in [0.717, 1.165) is 25.7 Å². The molecule has 1 rings (SSSR count). The van der Waals surface area contributed by atoms with Crippen LogP contribution >= 0.6 is 0 Å². The number of ether oxygens (including phenoxy) is 2. The van der Waals surface area contributed by atoms with Gasteiger partial charge in [0.1, 0.15) is 5.75 Å². The Kier molecular flexibility index (Phi) is 7.72. The highest BCUT2D eigenvalue weighted by molar-refractivity contribution is 6.35. The van der Waals surface area contributed by atoms with E-state index in [1.54, 1.807) is 12.1 Å². The summed E-state index contributed by atoms with van der Waals surface area (Å²) in [6, 6.07) is 9.82. The van der Waals surface area contributed by atoms with E-state index in [0.29, 0.717) is 5.75 Å². The first kappa shape index (κ1) is 15.2. The van der Waals surface area contributed by atoms with Crippen LogP contribution in [0.1, 0.15) is 19.4 Å². The third-order valence-corrected chi connectivity index (χ3v) is 4.53. The Labute approximate surface area is 112 Å².